The molecule has 0 spiro atoms. The molecule has 1 fully saturated rings. The van der Waals surface area contributed by atoms with Crippen LogP contribution in [0.3, 0.4) is 0 Å². The first-order valence-corrected chi connectivity index (χ1v) is 12.2. The van der Waals surface area contributed by atoms with Gasteiger partial charge in [-0.1, -0.05) is 11.6 Å². The largest absolute Gasteiger partial charge is 0.338 e. The van der Waals surface area contributed by atoms with Crippen LogP contribution in [0, 0.1) is 5.82 Å². The van der Waals surface area contributed by atoms with Crippen LogP contribution >= 0.6 is 11.6 Å². The molecule has 11 heteroatoms. The highest BCUT2D eigenvalue weighted by molar-refractivity contribution is 7.92. The molecule has 0 unspecified atom stereocenters. The molecule has 1 aliphatic rings. The second kappa shape index (κ2) is 7.92. The van der Waals surface area contributed by atoms with Crippen LogP contribution in [0.5, 0.6) is 0 Å². The highest BCUT2D eigenvalue weighted by Crippen LogP contribution is 2.27. The molecule has 1 N–H and O–H groups in total. The van der Waals surface area contributed by atoms with Crippen LogP contribution < -0.4 is 4.72 Å². The quantitative estimate of drug-likeness (QED) is 0.739. The molecule has 0 bridgehead atoms. The number of anilines is 1. The lowest BCUT2D eigenvalue weighted by molar-refractivity contribution is 0.0747. The number of nitrogens with zero attached hydrogens (tertiary/aromatic N) is 1. The fourth-order valence-electron chi connectivity index (χ4n) is 3.00. The predicted molar refractivity (Wildman–Crippen MR) is 108 cm³/mol. The van der Waals surface area contributed by atoms with Crippen LogP contribution in [0.2, 0.25) is 5.02 Å². The zero-order valence-corrected chi connectivity index (χ0v) is 17.7. The normalized spacial score (nSPS) is 18.4. The Hall–Kier alpha value is -2.17. The van der Waals surface area contributed by atoms with Gasteiger partial charge in [0.05, 0.1) is 27.1 Å². The van der Waals surface area contributed by atoms with E-state index in [0.29, 0.717) is 6.42 Å². The van der Waals surface area contributed by atoms with E-state index < -0.39 is 37.6 Å². The van der Waals surface area contributed by atoms with Gasteiger partial charge >= 0.3 is 0 Å². The average Bonchev–Trinajstić information content (AvgIpc) is 3.02. The van der Waals surface area contributed by atoms with Crippen LogP contribution in [0.4, 0.5) is 10.1 Å². The number of carbonyl (C=O) groups excluding carboxylic acids is 1. The third-order valence-corrected chi connectivity index (χ3v) is 8.12. The minimum atomic E-state index is -4.05. The van der Waals surface area contributed by atoms with Crippen molar-refractivity contribution in [1.82, 2.24) is 4.90 Å². The lowest BCUT2D eigenvalue weighted by Crippen LogP contribution is -2.37. The Labute approximate surface area is 173 Å². The molecule has 7 nitrogen and oxygen atoms in total. The van der Waals surface area contributed by atoms with Crippen molar-refractivity contribution in [2.75, 3.05) is 23.3 Å². The molecular weight excluding hydrogens is 443 g/mol. The van der Waals surface area contributed by atoms with E-state index in [-0.39, 0.29) is 32.7 Å². The van der Waals surface area contributed by atoms with E-state index in [0.717, 1.165) is 24.3 Å². The fraction of sp³-hybridized carbons (Fsp3) is 0.278. The number of amides is 1. The van der Waals surface area contributed by atoms with E-state index in [1.54, 1.807) is 0 Å². The number of hydrogen-bond donors (Lipinski definition) is 1. The van der Waals surface area contributed by atoms with Crippen molar-refractivity contribution in [3.8, 4) is 0 Å². The fourth-order valence-corrected chi connectivity index (χ4v) is 6.07. The molecular formula is C18H18ClFN2O5S2. The summed E-state index contributed by atoms with van der Waals surface area (Å²) in [6.45, 7) is 0. The maximum atomic E-state index is 13.0. The standard InChI is InChI=1S/C18H18ClFN2O5S2/c1-22(14-8-9-28(24,25)11-14)18(23)12-2-7-16(19)17(10-12)21-29(26,27)15-5-3-13(20)4-6-15/h2-7,10,14,21H,8-9,11H2,1H3/t14-/m0/s1. The molecule has 1 heterocycles. The number of carbonyl (C=O) groups is 1. The van der Waals surface area contributed by atoms with Gasteiger partial charge in [0.2, 0.25) is 0 Å². The monoisotopic (exact) mass is 460 g/mol. The number of sulfone groups is 1. The Morgan fingerprint density at radius 3 is 2.45 bits per heavy atom. The molecule has 1 atom stereocenters. The van der Waals surface area contributed by atoms with Crippen molar-refractivity contribution in [3.05, 3.63) is 58.9 Å². The topological polar surface area (TPSA) is 101 Å². The first kappa shape index (κ1) is 21.5. The summed E-state index contributed by atoms with van der Waals surface area (Å²) in [4.78, 5) is 13.9. The van der Waals surface area contributed by atoms with Crippen molar-refractivity contribution in [2.45, 2.75) is 17.4 Å². The van der Waals surface area contributed by atoms with Gasteiger partial charge in [0.25, 0.3) is 15.9 Å². The van der Waals surface area contributed by atoms with E-state index in [2.05, 4.69) is 4.72 Å². The number of hydrogen-bond acceptors (Lipinski definition) is 5. The van der Waals surface area contributed by atoms with E-state index in [9.17, 15) is 26.0 Å². The summed E-state index contributed by atoms with van der Waals surface area (Å²) < 4.78 is 63.7. The molecule has 1 saturated heterocycles. The summed E-state index contributed by atoms with van der Waals surface area (Å²) in [7, 11) is -5.71. The Kier molecular flexibility index (Phi) is 5.88. The summed E-state index contributed by atoms with van der Waals surface area (Å²) in [5, 5.41) is 0.0679. The Morgan fingerprint density at radius 2 is 1.86 bits per heavy atom. The Balaban J connectivity index is 1.84. The van der Waals surface area contributed by atoms with E-state index in [4.69, 9.17) is 11.6 Å². The minimum absolute atomic E-state index is 0.0192. The molecule has 0 saturated carbocycles. The third kappa shape index (κ3) is 4.88. The maximum absolute atomic E-state index is 13.0. The lowest BCUT2D eigenvalue weighted by atomic mass is 10.1. The van der Waals surface area contributed by atoms with Gasteiger partial charge in [0.15, 0.2) is 9.84 Å². The van der Waals surface area contributed by atoms with Crippen LogP contribution in [0.15, 0.2) is 47.4 Å². The van der Waals surface area contributed by atoms with E-state index in [1.807, 2.05) is 0 Å². The van der Waals surface area contributed by atoms with Crippen molar-refractivity contribution in [2.24, 2.45) is 0 Å². The van der Waals surface area contributed by atoms with Gasteiger partial charge in [0.1, 0.15) is 5.82 Å². The number of halogens is 2. The molecule has 0 aliphatic carbocycles. The first-order chi connectivity index (χ1) is 13.5. The van der Waals surface area contributed by atoms with Gasteiger partial charge in [-0.05, 0) is 48.9 Å². The molecule has 0 aromatic heterocycles. The van der Waals surface area contributed by atoms with Crippen molar-refractivity contribution in [1.29, 1.82) is 0 Å². The third-order valence-electron chi connectivity index (χ3n) is 4.66. The smallest absolute Gasteiger partial charge is 0.261 e. The summed E-state index contributed by atoms with van der Waals surface area (Å²) in [6.07, 6.45) is 0.349. The van der Waals surface area contributed by atoms with Gasteiger partial charge in [-0.3, -0.25) is 9.52 Å². The second-order valence-electron chi connectivity index (χ2n) is 6.73. The summed E-state index contributed by atoms with van der Waals surface area (Å²) in [5.41, 5.74) is 0.132. The van der Waals surface area contributed by atoms with Gasteiger partial charge in [0, 0.05) is 18.7 Å². The predicted octanol–water partition coefficient (Wildman–Crippen LogP) is 2.54. The SMILES string of the molecule is CN(C(=O)c1ccc(Cl)c(NS(=O)(=O)c2ccc(F)cc2)c1)[C@H]1CCS(=O)(=O)C1. The zero-order chi connectivity index (χ0) is 21.4. The van der Waals surface area contributed by atoms with Gasteiger partial charge < -0.3 is 4.90 Å². The van der Waals surface area contributed by atoms with E-state index >= 15 is 0 Å². The van der Waals surface area contributed by atoms with Gasteiger partial charge in [-0.25, -0.2) is 21.2 Å². The highest BCUT2D eigenvalue weighted by atomic mass is 35.5. The molecule has 0 radical (unpaired) electrons. The van der Waals surface area contributed by atoms with Gasteiger partial charge in [-0.15, -0.1) is 0 Å². The van der Waals surface area contributed by atoms with Crippen LogP contribution in [0.1, 0.15) is 16.8 Å². The van der Waals surface area contributed by atoms with Crippen LogP contribution in [0.25, 0.3) is 0 Å². The number of benzene rings is 2. The van der Waals surface area contributed by atoms with Crippen LogP contribution in [-0.2, 0) is 19.9 Å². The van der Waals surface area contributed by atoms with Gasteiger partial charge in [-0.2, -0.15) is 0 Å². The summed E-state index contributed by atoms with van der Waals surface area (Å²) >= 11 is 6.07. The molecule has 2 aromatic carbocycles. The maximum Gasteiger partial charge on any atom is 0.261 e. The van der Waals surface area contributed by atoms with Crippen molar-refractivity contribution < 1.29 is 26.0 Å². The molecule has 1 amide bonds. The molecule has 2 aromatic rings. The lowest BCUT2D eigenvalue weighted by Gasteiger charge is -2.23. The molecule has 1 aliphatic heterocycles. The minimum Gasteiger partial charge on any atom is -0.338 e. The number of sulfonamides is 1. The summed E-state index contributed by atoms with van der Waals surface area (Å²) in [5.74, 6) is -1.11. The highest BCUT2D eigenvalue weighted by Gasteiger charge is 2.33. The van der Waals surface area contributed by atoms with Crippen LogP contribution in [-0.4, -0.2) is 52.2 Å². The zero-order valence-electron chi connectivity index (χ0n) is 15.3. The second-order valence-corrected chi connectivity index (χ2v) is 11.0. The molecule has 29 heavy (non-hydrogen) atoms. The molecule has 3 rings (SSSR count). The summed E-state index contributed by atoms with van der Waals surface area (Å²) in [6, 6.07) is 7.89. The Bertz CT molecular complexity index is 1150. The molecule has 156 valence electrons. The van der Waals surface area contributed by atoms with E-state index in [1.165, 1.54) is 30.1 Å². The average molecular weight is 461 g/mol. The first-order valence-electron chi connectivity index (χ1n) is 8.54. The van der Waals surface area contributed by atoms with Crippen molar-refractivity contribution >= 4 is 43.1 Å². The van der Waals surface area contributed by atoms with Crippen molar-refractivity contribution in [3.63, 3.8) is 0 Å². The number of rotatable bonds is 5. The Morgan fingerprint density at radius 1 is 1.21 bits per heavy atom. The number of nitrogens with one attached hydrogen (secondary N) is 1.